The highest BCUT2D eigenvalue weighted by Crippen LogP contribution is 2.35. The third kappa shape index (κ3) is 3.71. The number of benzene rings is 3. The molecule has 0 saturated heterocycles. The molecule has 0 unspecified atom stereocenters. The van der Waals surface area contributed by atoms with E-state index in [-0.39, 0.29) is 11.6 Å². The average Bonchev–Trinajstić information content (AvgIpc) is 3.05. The molecule has 0 saturated carbocycles. The fourth-order valence-corrected chi connectivity index (χ4v) is 3.37. The molecule has 1 aliphatic heterocycles. The van der Waals surface area contributed by atoms with Crippen molar-refractivity contribution in [2.24, 2.45) is 0 Å². The summed E-state index contributed by atoms with van der Waals surface area (Å²) in [7, 11) is 0. The Balaban J connectivity index is 1.82. The van der Waals surface area contributed by atoms with Crippen molar-refractivity contribution in [1.82, 2.24) is 0 Å². The Hall–Kier alpha value is -3.99. The van der Waals surface area contributed by atoms with Gasteiger partial charge in [0.05, 0.1) is 10.6 Å². The number of hydrogen-bond donors (Lipinski definition) is 0. The number of nitro groups is 1. The summed E-state index contributed by atoms with van der Waals surface area (Å²) in [6, 6.07) is 23.7. The predicted molar refractivity (Wildman–Crippen MR) is 114 cm³/mol. The zero-order chi connectivity index (χ0) is 20.4. The van der Waals surface area contributed by atoms with Gasteiger partial charge in [-0.15, -0.1) is 0 Å². The maximum atomic E-state index is 13.3. The molecule has 1 aliphatic rings. The van der Waals surface area contributed by atoms with Crippen LogP contribution in [-0.4, -0.2) is 10.8 Å². The number of rotatable bonds is 4. The molecule has 5 heteroatoms. The fraction of sp³-hybridized carbons (Fsp3) is 0.0417. The third-order valence-electron chi connectivity index (χ3n) is 4.72. The number of nitrogens with zero attached hydrogens (tertiary/aromatic N) is 2. The van der Waals surface area contributed by atoms with Gasteiger partial charge in [0.2, 0.25) is 0 Å². The first-order valence-electron chi connectivity index (χ1n) is 9.17. The van der Waals surface area contributed by atoms with Crippen LogP contribution in [0.15, 0.2) is 90.5 Å². The van der Waals surface area contributed by atoms with Gasteiger partial charge in [-0.2, -0.15) is 0 Å². The standard InChI is InChI=1S/C24H18N2O3/c1-17-7-5-11-21(13-17)25-23(19-9-3-2-4-10-19)16-20(24(25)27)14-18-8-6-12-22(15-18)26(28)29/h2-16H,1H3/b20-14+. The van der Waals surface area contributed by atoms with Crippen LogP contribution in [0.2, 0.25) is 0 Å². The van der Waals surface area contributed by atoms with Crippen molar-refractivity contribution in [3.05, 3.63) is 117 Å². The molecular formula is C24H18N2O3. The van der Waals surface area contributed by atoms with E-state index in [0.717, 1.165) is 22.5 Å². The lowest BCUT2D eigenvalue weighted by atomic mass is 10.1. The molecule has 1 amide bonds. The van der Waals surface area contributed by atoms with Crippen LogP contribution in [0.3, 0.4) is 0 Å². The van der Waals surface area contributed by atoms with Crippen LogP contribution in [0.1, 0.15) is 16.7 Å². The highest BCUT2D eigenvalue weighted by molar-refractivity contribution is 6.23. The second kappa shape index (κ2) is 7.56. The fourth-order valence-electron chi connectivity index (χ4n) is 3.37. The molecule has 3 aromatic rings. The van der Waals surface area contributed by atoms with Gasteiger partial charge in [-0.3, -0.25) is 19.8 Å². The minimum absolute atomic E-state index is 0.00685. The SMILES string of the molecule is Cc1cccc(N2C(=O)/C(=C/c3cccc([N+](=O)[O-])c3)C=C2c2ccccc2)c1. The largest absolute Gasteiger partial charge is 0.276 e. The van der Waals surface area contributed by atoms with Crippen LogP contribution in [0.25, 0.3) is 11.8 Å². The Morgan fingerprint density at radius 1 is 0.931 bits per heavy atom. The molecule has 0 spiro atoms. The van der Waals surface area contributed by atoms with Crippen molar-refractivity contribution in [2.45, 2.75) is 6.92 Å². The number of carbonyl (C=O) groups excluding carboxylic acids is 1. The quantitative estimate of drug-likeness (QED) is 0.346. The molecule has 0 atom stereocenters. The lowest BCUT2D eigenvalue weighted by Gasteiger charge is -2.21. The van der Waals surface area contributed by atoms with Gasteiger partial charge in [-0.1, -0.05) is 54.6 Å². The van der Waals surface area contributed by atoms with Crippen molar-refractivity contribution in [3.63, 3.8) is 0 Å². The summed E-state index contributed by atoms with van der Waals surface area (Å²) < 4.78 is 0. The molecule has 0 radical (unpaired) electrons. The first kappa shape index (κ1) is 18.4. The monoisotopic (exact) mass is 382 g/mol. The van der Waals surface area contributed by atoms with E-state index in [2.05, 4.69) is 0 Å². The summed E-state index contributed by atoms with van der Waals surface area (Å²) in [6.07, 6.45) is 3.52. The zero-order valence-corrected chi connectivity index (χ0v) is 15.8. The highest BCUT2D eigenvalue weighted by atomic mass is 16.6. The van der Waals surface area contributed by atoms with Gasteiger partial charge in [0.1, 0.15) is 0 Å². The second-order valence-electron chi connectivity index (χ2n) is 6.83. The molecule has 4 rings (SSSR count). The molecule has 3 aromatic carbocycles. The Labute approximate surface area is 168 Å². The topological polar surface area (TPSA) is 63.5 Å². The molecule has 0 aliphatic carbocycles. The number of anilines is 1. The first-order valence-corrected chi connectivity index (χ1v) is 9.17. The zero-order valence-electron chi connectivity index (χ0n) is 15.8. The van der Waals surface area contributed by atoms with Crippen molar-refractivity contribution >= 4 is 29.1 Å². The van der Waals surface area contributed by atoms with Crippen molar-refractivity contribution in [2.75, 3.05) is 4.90 Å². The van der Waals surface area contributed by atoms with E-state index in [0.29, 0.717) is 11.1 Å². The van der Waals surface area contributed by atoms with E-state index in [9.17, 15) is 14.9 Å². The van der Waals surface area contributed by atoms with E-state index in [4.69, 9.17) is 0 Å². The number of hydrogen-bond acceptors (Lipinski definition) is 3. The molecule has 0 bridgehead atoms. The lowest BCUT2D eigenvalue weighted by molar-refractivity contribution is -0.384. The molecule has 29 heavy (non-hydrogen) atoms. The van der Waals surface area contributed by atoms with Crippen molar-refractivity contribution in [3.8, 4) is 0 Å². The highest BCUT2D eigenvalue weighted by Gasteiger charge is 2.30. The Kier molecular flexibility index (Phi) is 4.79. The Morgan fingerprint density at radius 3 is 2.41 bits per heavy atom. The molecule has 0 N–H and O–H groups in total. The molecule has 0 aromatic heterocycles. The average molecular weight is 382 g/mol. The molecule has 0 fully saturated rings. The third-order valence-corrected chi connectivity index (χ3v) is 4.72. The van der Waals surface area contributed by atoms with Crippen LogP contribution in [0.4, 0.5) is 11.4 Å². The summed E-state index contributed by atoms with van der Waals surface area (Å²) >= 11 is 0. The lowest BCUT2D eigenvalue weighted by Crippen LogP contribution is -2.25. The van der Waals surface area contributed by atoms with E-state index in [1.807, 2.05) is 67.6 Å². The summed E-state index contributed by atoms with van der Waals surface area (Å²) in [5, 5.41) is 11.1. The summed E-state index contributed by atoms with van der Waals surface area (Å²) in [5.74, 6) is -0.166. The maximum Gasteiger partial charge on any atom is 0.270 e. The number of nitro benzene ring substituents is 1. The smallest absolute Gasteiger partial charge is 0.270 e. The number of aryl methyl sites for hydroxylation is 1. The summed E-state index contributed by atoms with van der Waals surface area (Å²) in [6.45, 7) is 1.98. The minimum Gasteiger partial charge on any atom is -0.276 e. The Bertz CT molecular complexity index is 1160. The van der Waals surface area contributed by atoms with E-state index >= 15 is 0 Å². The molecule has 5 nitrogen and oxygen atoms in total. The van der Waals surface area contributed by atoms with Crippen LogP contribution < -0.4 is 4.90 Å². The molecular weight excluding hydrogens is 364 g/mol. The number of amides is 1. The normalized spacial score (nSPS) is 14.9. The van der Waals surface area contributed by atoms with Crippen molar-refractivity contribution < 1.29 is 9.72 Å². The van der Waals surface area contributed by atoms with Gasteiger partial charge in [0, 0.05) is 23.4 Å². The van der Waals surface area contributed by atoms with Gasteiger partial charge >= 0.3 is 0 Å². The predicted octanol–water partition coefficient (Wildman–Crippen LogP) is 5.37. The minimum atomic E-state index is -0.442. The van der Waals surface area contributed by atoms with Gasteiger partial charge in [-0.25, -0.2) is 0 Å². The van der Waals surface area contributed by atoms with Gasteiger partial charge in [-0.05, 0) is 47.9 Å². The maximum absolute atomic E-state index is 13.3. The number of non-ortho nitro benzene ring substituents is 1. The second-order valence-corrected chi connectivity index (χ2v) is 6.83. The van der Waals surface area contributed by atoms with Gasteiger partial charge in [0.25, 0.3) is 11.6 Å². The van der Waals surface area contributed by atoms with Gasteiger partial charge < -0.3 is 0 Å². The van der Waals surface area contributed by atoms with Gasteiger partial charge in [0.15, 0.2) is 0 Å². The summed E-state index contributed by atoms with van der Waals surface area (Å²) in [5.41, 5.74) is 4.62. The van der Waals surface area contributed by atoms with E-state index < -0.39 is 4.92 Å². The summed E-state index contributed by atoms with van der Waals surface area (Å²) in [4.78, 5) is 25.6. The van der Waals surface area contributed by atoms with Crippen LogP contribution in [0.5, 0.6) is 0 Å². The van der Waals surface area contributed by atoms with Crippen LogP contribution in [-0.2, 0) is 4.79 Å². The van der Waals surface area contributed by atoms with Crippen molar-refractivity contribution in [1.29, 1.82) is 0 Å². The molecule has 142 valence electrons. The van der Waals surface area contributed by atoms with E-state index in [1.165, 1.54) is 12.1 Å². The van der Waals surface area contributed by atoms with Crippen LogP contribution >= 0.6 is 0 Å². The molecule has 1 heterocycles. The van der Waals surface area contributed by atoms with E-state index in [1.54, 1.807) is 23.1 Å². The Morgan fingerprint density at radius 2 is 1.69 bits per heavy atom. The first-order chi connectivity index (χ1) is 14.0. The number of carbonyl (C=O) groups is 1. The van der Waals surface area contributed by atoms with Crippen LogP contribution in [0, 0.1) is 17.0 Å².